The first-order valence-electron chi connectivity index (χ1n) is 6.84. The smallest absolute Gasteiger partial charge is 0.138 e. The van der Waals surface area contributed by atoms with Gasteiger partial charge in [-0.25, -0.2) is 9.97 Å². The topological polar surface area (TPSA) is 50.3 Å². The maximum Gasteiger partial charge on any atom is 0.138 e. The molecule has 1 saturated heterocycles. The standard InChI is InChI=1S/C14H24N4O/c1-10-9-18(6-7-19-10)12-8-11(15-5)16-13(17-12)14(2,3)4/h8,10H,6-7,9H2,1-5H3,(H,15,16,17). The first-order valence-corrected chi connectivity index (χ1v) is 6.84. The predicted molar refractivity (Wildman–Crippen MR) is 77.9 cm³/mol. The third kappa shape index (κ3) is 3.35. The molecular weight excluding hydrogens is 240 g/mol. The van der Waals surface area contributed by atoms with Gasteiger partial charge in [0.05, 0.1) is 12.7 Å². The molecular formula is C14H24N4O. The van der Waals surface area contributed by atoms with Crippen molar-refractivity contribution in [1.29, 1.82) is 0 Å². The lowest BCUT2D eigenvalue weighted by atomic mass is 9.96. The van der Waals surface area contributed by atoms with E-state index in [4.69, 9.17) is 9.72 Å². The van der Waals surface area contributed by atoms with Crippen LogP contribution in [0.2, 0.25) is 0 Å². The summed E-state index contributed by atoms with van der Waals surface area (Å²) in [5.41, 5.74) is -0.0560. The van der Waals surface area contributed by atoms with E-state index in [1.165, 1.54) is 0 Å². The molecule has 0 saturated carbocycles. The van der Waals surface area contributed by atoms with Crippen molar-refractivity contribution < 1.29 is 4.74 Å². The van der Waals surface area contributed by atoms with E-state index >= 15 is 0 Å². The van der Waals surface area contributed by atoms with Crippen LogP contribution in [0.4, 0.5) is 11.6 Å². The van der Waals surface area contributed by atoms with Gasteiger partial charge in [-0.05, 0) is 6.92 Å². The summed E-state index contributed by atoms with van der Waals surface area (Å²) in [4.78, 5) is 11.6. The molecule has 1 aliphatic rings. The highest BCUT2D eigenvalue weighted by atomic mass is 16.5. The predicted octanol–water partition coefficient (Wildman–Crippen LogP) is 2.04. The zero-order valence-electron chi connectivity index (χ0n) is 12.5. The third-order valence-electron chi connectivity index (χ3n) is 3.20. The van der Waals surface area contributed by atoms with E-state index in [0.717, 1.165) is 37.2 Å². The van der Waals surface area contributed by atoms with Crippen molar-refractivity contribution in [2.24, 2.45) is 0 Å². The lowest BCUT2D eigenvalue weighted by Crippen LogP contribution is -2.41. The molecule has 1 unspecified atom stereocenters. The Balaban J connectivity index is 2.34. The highest BCUT2D eigenvalue weighted by Gasteiger charge is 2.23. The Hall–Kier alpha value is -1.36. The van der Waals surface area contributed by atoms with Crippen LogP contribution in [-0.4, -0.2) is 42.8 Å². The molecule has 2 rings (SSSR count). The lowest BCUT2D eigenvalue weighted by molar-refractivity contribution is 0.0529. The van der Waals surface area contributed by atoms with E-state index in [2.05, 4.69) is 42.9 Å². The van der Waals surface area contributed by atoms with Crippen LogP contribution in [0.3, 0.4) is 0 Å². The molecule has 0 aromatic carbocycles. The first kappa shape index (κ1) is 14.1. The second kappa shape index (κ2) is 5.33. The molecule has 0 spiro atoms. The molecule has 106 valence electrons. The summed E-state index contributed by atoms with van der Waals surface area (Å²) in [6, 6.07) is 2.01. The fraction of sp³-hybridized carbons (Fsp3) is 0.714. The van der Waals surface area contributed by atoms with Crippen LogP contribution in [0.15, 0.2) is 6.07 Å². The molecule has 1 aromatic rings. The molecule has 1 aliphatic heterocycles. The molecule has 1 fully saturated rings. The molecule has 1 atom stereocenters. The minimum absolute atomic E-state index is 0.0560. The number of hydrogen-bond donors (Lipinski definition) is 1. The van der Waals surface area contributed by atoms with Gasteiger partial charge in [-0.1, -0.05) is 20.8 Å². The van der Waals surface area contributed by atoms with Gasteiger partial charge >= 0.3 is 0 Å². The van der Waals surface area contributed by atoms with Gasteiger partial charge in [0.25, 0.3) is 0 Å². The van der Waals surface area contributed by atoms with Gasteiger partial charge in [0.15, 0.2) is 0 Å². The van der Waals surface area contributed by atoms with E-state index in [-0.39, 0.29) is 11.5 Å². The molecule has 2 heterocycles. The van der Waals surface area contributed by atoms with E-state index in [1.54, 1.807) is 0 Å². The van der Waals surface area contributed by atoms with Crippen molar-refractivity contribution in [1.82, 2.24) is 9.97 Å². The molecule has 19 heavy (non-hydrogen) atoms. The van der Waals surface area contributed by atoms with E-state index < -0.39 is 0 Å². The maximum atomic E-state index is 5.58. The van der Waals surface area contributed by atoms with Crippen molar-refractivity contribution in [2.75, 3.05) is 37.0 Å². The van der Waals surface area contributed by atoms with Gasteiger partial charge in [-0.15, -0.1) is 0 Å². The quantitative estimate of drug-likeness (QED) is 0.886. The number of nitrogens with one attached hydrogen (secondary N) is 1. The summed E-state index contributed by atoms with van der Waals surface area (Å²) < 4.78 is 5.58. The van der Waals surface area contributed by atoms with Gasteiger partial charge in [-0.3, -0.25) is 0 Å². The highest BCUT2D eigenvalue weighted by Crippen LogP contribution is 2.24. The number of hydrogen-bond acceptors (Lipinski definition) is 5. The highest BCUT2D eigenvalue weighted by molar-refractivity contribution is 5.50. The van der Waals surface area contributed by atoms with Crippen LogP contribution in [0.5, 0.6) is 0 Å². The lowest BCUT2D eigenvalue weighted by Gasteiger charge is -2.33. The molecule has 0 amide bonds. The van der Waals surface area contributed by atoms with Crippen LogP contribution in [-0.2, 0) is 10.2 Å². The zero-order chi connectivity index (χ0) is 14.0. The van der Waals surface area contributed by atoms with Crippen molar-refractivity contribution in [3.63, 3.8) is 0 Å². The van der Waals surface area contributed by atoms with Crippen LogP contribution in [0, 0.1) is 0 Å². The molecule has 5 heteroatoms. The third-order valence-corrected chi connectivity index (χ3v) is 3.20. The Morgan fingerprint density at radius 3 is 2.68 bits per heavy atom. The molecule has 0 bridgehead atoms. The first-order chi connectivity index (χ1) is 8.90. The largest absolute Gasteiger partial charge is 0.375 e. The average Bonchev–Trinajstić information content (AvgIpc) is 2.37. The fourth-order valence-corrected chi connectivity index (χ4v) is 2.09. The van der Waals surface area contributed by atoms with Gasteiger partial charge in [0.2, 0.25) is 0 Å². The average molecular weight is 264 g/mol. The van der Waals surface area contributed by atoms with E-state index in [0.29, 0.717) is 0 Å². The summed E-state index contributed by atoms with van der Waals surface area (Å²) >= 11 is 0. The summed E-state index contributed by atoms with van der Waals surface area (Å²) in [6.45, 7) is 11.0. The number of anilines is 2. The van der Waals surface area contributed by atoms with Crippen molar-refractivity contribution in [3.05, 3.63) is 11.9 Å². The Labute approximate surface area is 115 Å². The molecule has 1 aromatic heterocycles. The number of morpholine rings is 1. The number of rotatable bonds is 2. The SMILES string of the molecule is CNc1cc(N2CCOC(C)C2)nc(C(C)(C)C)n1. The van der Waals surface area contributed by atoms with Crippen molar-refractivity contribution in [3.8, 4) is 0 Å². The van der Waals surface area contributed by atoms with Crippen LogP contribution in [0.25, 0.3) is 0 Å². The Kier molecular flexibility index (Phi) is 3.94. The second-order valence-corrected chi connectivity index (χ2v) is 6.06. The summed E-state index contributed by atoms with van der Waals surface area (Å²) in [7, 11) is 1.89. The van der Waals surface area contributed by atoms with Crippen LogP contribution >= 0.6 is 0 Å². The molecule has 0 aliphatic carbocycles. The maximum absolute atomic E-state index is 5.58. The Morgan fingerprint density at radius 2 is 2.11 bits per heavy atom. The van der Waals surface area contributed by atoms with E-state index in [1.807, 2.05) is 13.1 Å². The van der Waals surface area contributed by atoms with E-state index in [9.17, 15) is 0 Å². The van der Waals surface area contributed by atoms with Gasteiger partial charge in [-0.2, -0.15) is 0 Å². The minimum atomic E-state index is -0.0560. The molecule has 0 radical (unpaired) electrons. The normalized spacial score (nSPS) is 20.5. The second-order valence-electron chi connectivity index (χ2n) is 6.06. The zero-order valence-corrected chi connectivity index (χ0v) is 12.5. The monoisotopic (exact) mass is 264 g/mol. The molecule has 5 nitrogen and oxygen atoms in total. The van der Waals surface area contributed by atoms with Crippen LogP contribution in [0.1, 0.15) is 33.5 Å². The number of ether oxygens (including phenoxy) is 1. The van der Waals surface area contributed by atoms with Gasteiger partial charge < -0.3 is 15.0 Å². The summed E-state index contributed by atoms with van der Waals surface area (Å²) in [6.07, 6.45) is 0.250. The number of aromatic nitrogens is 2. The fourth-order valence-electron chi connectivity index (χ4n) is 2.09. The Bertz CT molecular complexity index is 442. The summed E-state index contributed by atoms with van der Waals surface area (Å²) in [5.74, 6) is 2.72. The van der Waals surface area contributed by atoms with Crippen molar-refractivity contribution >= 4 is 11.6 Å². The summed E-state index contributed by atoms with van der Waals surface area (Å²) in [5, 5.41) is 3.12. The van der Waals surface area contributed by atoms with Gasteiger partial charge in [0.1, 0.15) is 17.5 Å². The number of nitrogens with zero attached hydrogens (tertiary/aromatic N) is 3. The minimum Gasteiger partial charge on any atom is -0.375 e. The Morgan fingerprint density at radius 1 is 1.37 bits per heavy atom. The van der Waals surface area contributed by atoms with Crippen LogP contribution < -0.4 is 10.2 Å². The molecule has 1 N–H and O–H groups in total. The van der Waals surface area contributed by atoms with Crippen molar-refractivity contribution in [2.45, 2.75) is 39.2 Å². The van der Waals surface area contributed by atoms with Gasteiger partial charge in [0, 0.05) is 31.6 Å².